The third-order valence-electron chi connectivity index (χ3n) is 3.61. The first-order valence-corrected chi connectivity index (χ1v) is 7.00. The topological polar surface area (TPSA) is 52.0 Å². The second kappa shape index (κ2) is 5.11. The van der Waals surface area contributed by atoms with Crippen LogP contribution in [0, 0.1) is 5.82 Å². The van der Waals surface area contributed by atoms with Crippen LogP contribution in [0.1, 0.15) is 37.6 Å². The van der Waals surface area contributed by atoms with E-state index in [-0.39, 0.29) is 17.5 Å². The van der Waals surface area contributed by atoms with Gasteiger partial charge < -0.3 is 10.1 Å². The first-order chi connectivity index (χ1) is 9.93. The number of halogens is 1. The molecule has 1 N–H and O–H groups in total. The van der Waals surface area contributed by atoms with Crippen molar-refractivity contribution in [2.75, 3.05) is 0 Å². The number of nitrogens with zero attached hydrogens (tertiary/aromatic N) is 3. The molecule has 1 aliphatic heterocycles. The fourth-order valence-corrected chi connectivity index (χ4v) is 2.70. The molecule has 1 aliphatic rings. The highest BCUT2D eigenvalue weighted by molar-refractivity contribution is 5.39. The Balaban J connectivity index is 1.81. The summed E-state index contributed by atoms with van der Waals surface area (Å²) < 4.78 is 19.3. The fraction of sp³-hybridized carbons (Fsp3) is 0.467. The smallest absolute Gasteiger partial charge is 0.127 e. The van der Waals surface area contributed by atoms with E-state index in [4.69, 9.17) is 4.74 Å². The van der Waals surface area contributed by atoms with Gasteiger partial charge >= 0.3 is 0 Å². The van der Waals surface area contributed by atoms with Gasteiger partial charge in [0.2, 0.25) is 0 Å². The lowest BCUT2D eigenvalue weighted by Crippen LogP contribution is -2.39. The summed E-state index contributed by atoms with van der Waals surface area (Å²) in [4.78, 5) is 1.54. The molecule has 2 heterocycles. The van der Waals surface area contributed by atoms with Gasteiger partial charge in [0.15, 0.2) is 0 Å². The molecule has 1 unspecified atom stereocenters. The summed E-state index contributed by atoms with van der Waals surface area (Å²) in [5.41, 5.74) is 1.53. The monoisotopic (exact) mass is 290 g/mol. The molecular formula is C15H19FN4O. The molecule has 2 aromatic rings. The first kappa shape index (κ1) is 14.0. The average Bonchev–Trinajstić information content (AvgIpc) is 2.80. The lowest BCUT2D eigenvalue weighted by atomic mass is 9.89. The minimum atomic E-state index is -0.333. The van der Waals surface area contributed by atoms with Gasteiger partial charge in [-0.15, -0.1) is 0 Å². The zero-order chi connectivity index (χ0) is 15.0. The van der Waals surface area contributed by atoms with Crippen molar-refractivity contribution in [3.8, 4) is 5.75 Å². The van der Waals surface area contributed by atoms with E-state index in [0.29, 0.717) is 12.3 Å². The number of fused-ring (bicyclic) bond motifs is 1. The Morgan fingerprint density at radius 1 is 1.48 bits per heavy atom. The molecule has 3 rings (SSSR count). The van der Waals surface area contributed by atoms with Crippen LogP contribution in [0.25, 0.3) is 0 Å². The van der Waals surface area contributed by atoms with Gasteiger partial charge in [0.25, 0.3) is 0 Å². The Morgan fingerprint density at radius 2 is 2.29 bits per heavy atom. The van der Waals surface area contributed by atoms with Gasteiger partial charge in [0.05, 0.1) is 11.9 Å². The molecule has 21 heavy (non-hydrogen) atoms. The van der Waals surface area contributed by atoms with Crippen LogP contribution in [-0.4, -0.2) is 20.6 Å². The Labute approximate surface area is 123 Å². The van der Waals surface area contributed by atoms with Crippen molar-refractivity contribution < 1.29 is 9.13 Å². The van der Waals surface area contributed by atoms with Crippen molar-refractivity contribution in [2.45, 2.75) is 38.5 Å². The number of nitrogens with one attached hydrogen (secondary N) is 1. The van der Waals surface area contributed by atoms with Crippen molar-refractivity contribution in [1.82, 2.24) is 20.3 Å². The van der Waals surface area contributed by atoms with Crippen LogP contribution in [0.3, 0.4) is 0 Å². The summed E-state index contributed by atoms with van der Waals surface area (Å²) in [6, 6.07) is 4.81. The van der Waals surface area contributed by atoms with E-state index in [2.05, 4.69) is 15.5 Å². The highest BCUT2D eigenvalue weighted by atomic mass is 19.1. The Bertz CT molecular complexity index is 653. The molecule has 0 bridgehead atoms. The molecule has 0 fully saturated rings. The summed E-state index contributed by atoms with van der Waals surface area (Å²) in [7, 11) is 1.79. The van der Waals surface area contributed by atoms with Gasteiger partial charge in [-0.2, -0.15) is 15.0 Å². The molecule has 5 nitrogen and oxygen atoms in total. The van der Waals surface area contributed by atoms with E-state index in [1.54, 1.807) is 19.3 Å². The summed E-state index contributed by atoms with van der Waals surface area (Å²) in [6.07, 6.45) is 2.55. The van der Waals surface area contributed by atoms with Gasteiger partial charge in [-0.05, 0) is 19.9 Å². The highest BCUT2D eigenvalue weighted by Gasteiger charge is 2.33. The average molecular weight is 290 g/mol. The zero-order valence-corrected chi connectivity index (χ0v) is 12.4. The number of aryl methyl sites for hydroxylation is 1. The quantitative estimate of drug-likeness (QED) is 0.942. The Hall–Kier alpha value is -1.95. The Kier molecular flexibility index (Phi) is 3.41. The molecule has 1 atom stereocenters. The summed E-state index contributed by atoms with van der Waals surface area (Å²) >= 11 is 0. The molecule has 0 amide bonds. The third kappa shape index (κ3) is 3.05. The molecule has 6 heteroatoms. The molecule has 0 spiro atoms. The number of rotatable bonds is 3. The van der Waals surface area contributed by atoms with Crippen LogP contribution in [0.2, 0.25) is 0 Å². The van der Waals surface area contributed by atoms with E-state index >= 15 is 0 Å². The number of aromatic nitrogens is 3. The number of benzene rings is 1. The largest absolute Gasteiger partial charge is 0.487 e. The van der Waals surface area contributed by atoms with Gasteiger partial charge in [-0.25, -0.2) is 4.39 Å². The van der Waals surface area contributed by atoms with Crippen LogP contribution in [-0.2, 0) is 13.6 Å². The lowest BCUT2D eigenvalue weighted by Gasteiger charge is -2.38. The van der Waals surface area contributed by atoms with Crippen molar-refractivity contribution in [3.05, 3.63) is 41.5 Å². The predicted molar refractivity (Wildman–Crippen MR) is 76.3 cm³/mol. The molecule has 0 saturated heterocycles. The maximum absolute atomic E-state index is 13.4. The normalized spacial score (nSPS) is 19.9. The summed E-state index contributed by atoms with van der Waals surface area (Å²) in [6.45, 7) is 4.64. The number of ether oxygens (including phenoxy) is 1. The van der Waals surface area contributed by atoms with Crippen LogP contribution in [0.15, 0.2) is 24.4 Å². The van der Waals surface area contributed by atoms with Crippen molar-refractivity contribution in [3.63, 3.8) is 0 Å². The van der Waals surface area contributed by atoms with Crippen LogP contribution >= 0.6 is 0 Å². The Morgan fingerprint density at radius 3 is 3.00 bits per heavy atom. The summed E-state index contributed by atoms with van der Waals surface area (Å²) in [5, 5.41) is 11.8. The van der Waals surface area contributed by atoms with Crippen LogP contribution in [0.5, 0.6) is 5.75 Å². The summed E-state index contributed by atoms with van der Waals surface area (Å²) in [5.74, 6) is 0.335. The molecular weight excluding hydrogens is 271 g/mol. The minimum Gasteiger partial charge on any atom is -0.487 e. The highest BCUT2D eigenvalue weighted by Crippen LogP contribution is 2.39. The maximum Gasteiger partial charge on any atom is 0.127 e. The van der Waals surface area contributed by atoms with E-state index < -0.39 is 0 Å². The van der Waals surface area contributed by atoms with Gasteiger partial charge in [0.1, 0.15) is 17.2 Å². The maximum atomic E-state index is 13.4. The third-order valence-corrected chi connectivity index (χ3v) is 3.61. The molecule has 1 aromatic carbocycles. The van der Waals surface area contributed by atoms with Gasteiger partial charge in [-0.1, -0.05) is 6.07 Å². The fourth-order valence-electron chi connectivity index (χ4n) is 2.70. The molecule has 0 aliphatic carbocycles. The number of hydrogen-bond donors (Lipinski definition) is 1. The van der Waals surface area contributed by atoms with E-state index in [0.717, 1.165) is 17.7 Å². The van der Waals surface area contributed by atoms with E-state index in [9.17, 15) is 4.39 Å². The van der Waals surface area contributed by atoms with E-state index in [1.165, 1.54) is 16.9 Å². The van der Waals surface area contributed by atoms with Gasteiger partial charge in [-0.3, -0.25) is 0 Å². The van der Waals surface area contributed by atoms with Crippen molar-refractivity contribution >= 4 is 0 Å². The lowest BCUT2D eigenvalue weighted by molar-refractivity contribution is 0.0652. The molecule has 0 radical (unpaired) electrons. The van der Waals surface area contributed by atoms with Crippen LogP contribution in [0.4, 0.5) is 4.39 Å². The second-order valence-electron chi connectivity index (χ2n) is 6.01. The SMILES string of the molecule is Cn1ncc(CNC2CC(C)(C)Oc3cc(F)ccc32)n1. The zero-order valence-electron chi connectivity index (χ0n) is 12.4. The first-order valence-electron chi connectivity index (χ1n) is 7.00. The predicted octanol–water partition coefficient (Wildman–Crippen LogP) is 2.35. The molecule has 112 valence electrons. The number of hydrogen-bond acceptors (Lipinski definition) is 4. The van der Waals surface area contributed by atoms with Gasteiger partial charge in [0, 0.05) is 37.7 Å². The van der Waals surface area contributed by atoms with Crippen LogP contribution < -0.4 is 10.1 Å². The van der Waals surface area contributed by atoms with E-state index in [1.807, 2.05) is 13.8 Å². The minimum absolute atomic E-state index is 0.103. The van der Waals surface area contributed by atoms with Crippen molar-refractivity contribution in [1.29, 1.82) is 0 Å². The van der Waals surface area contributed by atoms with Crippen molar-refractivity contribution in [2.24, 2.45) is 7.05 Å². The standard InChI is InChI=1S/C15H19FN4O/c1-15(2)7-13(17-8-11-9-18-20(3)19-11)12-5-4-10(16)6-14(12)21-15/h4-6,9,13,17H,7-8H2,1-3H3. The second-order valence-corrected chi connectivity index (χ2v) is 6.01. The molecule has 0 saturated carbocycles. The molecule has 1 aromatic heterocycles.